The van der Waals surface area contributed by atoms with Gasteiger partial charge in [-0.3, -0.25) is 0 Å². The maximum Gasteiger partial charge on any atom is 0.138 e. The van der Waals surface area contributed by atoms with E-state index in [4.69, 9.17) is 0 Å². The molecule has 2 aromatic rings. The average Bonchev–Trinajstić information content (AvgIpc) is 2.37. The van der Waals surface area contributed by atoms with Crippen molar-refractivity contribution in [3.63, 3.8) is 0 Å². The van der Waals surface area contributed by atoms with Gasteiger partial charge in [0.1, 0.15) is 17.5 Å². The third kappa shape index (κ3) is 2.84. The standard InChI is InChI=1S/C15H20N4/c1-10-6-7-13(11(2)8-10)19(5)15-9-14(16-4)17-12(3)18-15/h6-9H,1-5H3,(H,16,17,18). The quantitative estimate of drug-likeness (QED) is 0.915. The molecular weight excluding hydrogens is 236 g/mol. The third-order valence-electron chi connectivity index (χ3n) is 3.14. The largest absolute Gasteiger partial charge is 0.373 e. The summed E-state index contributed by atoms with van der Waals surface area (Å²) in [4.78, 5) is 10.9. The first-order chi connectivity index (χ1) is 9.01. The van der Waals surface area contributed by atoms with Gasteiger partial charge in [-0.2, -0.15) is 0 Å². The Morgan fingerprint density at radius 2 is 1.79 bits per heavy atom. The summed E-state index contributed by atoms with van der Waals surface area (Å²) in [5.41, 5.74) is 3.67. The molecule has 0 amide bonds. The monoisotopic (exact) mass is 256 g/mol. The Balaban J connectivity index is 2.43. The first-order valence-electron chi connectivity index (χ1n) is 6.35. The van der Waals surface area contributed by atoms with Crippen molar-refractivity contribution in [3.8, 4) is 0 Å². The lowest BCUT2D eigenvalue weighted by atomic mass is 10.1. The van der Waals surface area contributed by atoms with Crippen molar-refractivity contribution < 1.29 is 0 Å². The molecule has 1 aromatic carbocycles. The number of hydrogen-bond donors (Lipinski definition) is 1. The Hall–Kier alpha value is -2.10. The fraction of sp³-hybridized carbons (Fsp3) is 0.333. The van der Waals surface area contributed by atoms with Crippen molar-refractivity contribution in [1.82, 2.24) is 9.97 Å². The van der Waals surface area contributed by atoms with Crippen LogP contribution in [0.5, 0.6) is 0 Å². The molecule has 4 heteroatoms. The molecule has 0 bridgehead atoms. The minimum absolute atomic E-state index is 0.762. The van der Waals surface area contributed by atoms with Crippen LogP contribution in [0.15, 0.2) is 24.3 Å². The van der Waals surface area contributed by atoms with Gasteiger partial charge in [0.2, 0.25) is 0 Å². The average molecular weight is 256 g/mol. The Bertz CT molecular complexity index is 593. The van der Waals surface area contributed by atoms with E-state index in [1.165, 1.54) is 11.1 Å². The van der Waals surface area contributed by atoms with Gasteiger partial charge < -0.3 is 10.2 Å². The number of hydrogen-bond acceptors (Lipinski definition) is 4. The zero-order chi connectivity index (χ0) is 14.0. The van der Waals surface area contributed by atoms with Crippen molar-refractivity contribution in [2.75, 3.05) is 24.3 Å². The summed E-state index contributed by atoms with van der Waals surface area (Å²) in [7, 11) is 3.89. The summed E-state index contributed by atoms with van der Waals surface area (Å²) >= 11 is 0. The highest BCUT2D eigenvalue weighted by Gasteiger charge is 2.10. The van der Waals surface area contributed by atoms with Gasteiger partial charge in [-0.05, 0) is 32.4 Å². The summed E-state index contributed by atoms with van der Waals surface area (Å²) in [6.45, 7) is 6.12. The van der Waals surface area contributed by atoms with Gasteiger partial charge in [0, 0.05) is 25.8 Å². The second-order valence-electron chi connectivity index (χ2n) is 4.76. The molecule has 0 aliphatic rings. The lowest BCUT2D eigenvalue weighted by molar-refractivity contribution is 1.01. The van der Waals surface area contributed by atoms with E-state index in [0.717, 1.165) is 23.1 Å². The summed E-state index contributed by atoms with van der Waals surface area (Å²) in [5, 5.41) is 3.06. The number of anilines is 3. The van der Waals surface area contributed by atoms with E-state index < -0.39 is 0 Å². The maximum absolute atomic E-state index is 4.50. The fourth-order valence-electron chi connectivity index (χ4n) is 2.16. The van der Waals surface area contributed by atoms with Crippen molar-refractivity contribution in [1.29, 1.82) is 0 Å². The molecule has 1 heterocycles. The molecule has 0 aliphatic carbocycles. The minimum Gasteiger partial charge on any atom is -0.373 e. The molecule has 100 valence electrons. The molecule has 1 aromatic heterocycles. The Morgan fingerprint density at radius 3 is 2.42 bits per heavy atom. The van der Waals surface area contributed by atoms with E-state index in [-0.39, 0.29) is 0 Å². The van der Waals surface area contributed by atoms with Crippen LogP contribution in [-0.2, 0) is 0 Å². The number of rotatable bonds is 3. The van der Waals surface area contributed by atoms with E-state index in [1.54, 1.807) is 0 Å². The predicted molar refractivity (Wildman–Crippen MR) is 80.3 cm³/mol. The molecule has 0 fully saturated rings. The summed E-state index contributed by atoms with van der Waals surface area (Å²) in [6.07, 6.45) is 0. The van der Waals surface area contributed by atoms with Crippen LogP contribution in [0.4, 0.5) is 17.3 Å². The van der Waals surface area contributed by atoms with E-state index in [1.807, 2.05) is 27.1 Å². The van der Waals surface area contributed by atoms with Crippen LogP contribution in [0.3, 0.4) is 0 Å². The van der Waals surface area contributed by atoms with Crippen LogP contribution in [0.25, 0.3) is 0 Å². The van der Waals surface area contributed by atoms with Gasteiger partial charge in [-0.15, -0.1) is 0 Å². The first-order valence-corrected chi connectivity index (χ1v) is 6.35. The van der Waals surface area contributed by atoms with Crippen molar-refractivity contribution in [2.24, 2.45) is 0 Å². The molecule has 0 saturated carbocycles. The van der Waals surface area contributed by atoms with Crippen molar-refractivity contribution >= 4 is 17.3 Å². The highest BCUT2D eigenvalue weighted by Crippen LogP contribution is 2.27. The molecule has 0 aliphatic heterocycles. The molecule has 4 nitrogen and oxygen atoms in total. The van der Waals surface area contributed by atoms with Gasteiger partial charge in [0.25, 0.3) is 0 Å². The number of nitrogens with one attached hydrogen (secondary N) is 1. The topological polar surface area (TPSA) is 41.0 Å². The zero-order valence-corrected chi connectivity index (χ0v) is 12.2. The summed E-state index contributed by atoms with van der Waals surface area (Å²) in [6, 6.07) is 8.37. The molecular formula is C15H20N4. The van der Waals surface area contributed by atoms with E-state index in [0.29, 0.717) is 0 Å². The second-order valence-corrected chi connectivity index (χ2v) is 4.76. The normalized spacial score (nSPS) is 10.4. The van der Waals surface area contributed by atoms with E-state index in [2.05, 4.69) is 52.2 Å². The Morgan fingerprint density at radius 1 is 1.05 bits per heavy atom. The second kappa shape index (κ2) is 5.26. The molecule has 0 radical (unpaired) electrons. The maximum atomic E-state index is 4.50. The van der Waals surface area contributed by atoms with E-state index >= 15 is 0 Å². The highest BCUT2D eigenvalue weighted by atomic mass is 15.2. The zero-order valence-electron chi connectivity index (χ0n) is 12.2. The number of aryl methyl sites for hydroxylation is 3. The molecule has 1 N–H and O–H groups in total. The van der Waals surface area contributed by atoms with Crippen LogP contribution in [0, 0.1) is 20.8 Å². The lowest BCUT2D eigenvalue weighted by Crippen LogP contribution is -2.14. The van der Waals surface area contributed by atoms with Gasteiger partial charge in [-0.1, -0.05) is 17.7 Å². The Kier molecular flexibility index (Phi) is 3.69. The summed E-state index contributed by atoms with van der Waals surface area (Å²) < 4.78 is 0. The minimum atomic E-state index is 0.762. The van der Waals surface area contributed by atoms with Crippen LogP contribution in [0.2, 0.25) is 0 Å². The van der Waals surface area contributed by atoms with Gasteiger partial charge in [0.15, 0.2) is 0 Å². The molecule has 0 spiro atoms. The number of aromatic nitrogens is 2. The third-order valence-corrected chi connectivity index (χ3v) is 3.14. The Labute approximate surface area is 114 Å². The van der Waals surface area contributed by atoms with E-state index in [9.17, 15) is 0 Å². The fourth-order valence-corrected chi connectivity index (χ4v) is 2.16. The first kappa shape index (κ1) is 13.3. The van der Waals surface area contributed by atoms with Gasteiger partial charge >= 0.3 is 0 Å². The molecule has 0 unspecified atom stereocenters. The van der Waals surface area contributed by atoms with Gasteiger partial charge in [0.05, 0.1) is 0 Å². The van der Waals surface area contributed by atoms with Crippen LogP contribution < -0.4 is 10.2 Å². The van der Waals surface area contributed by atoms with Crippen LogP contribution >= 0.6 is 0 Å². The highest BCUT2D eigenvalue weighted by molar-refractivity contribution is 5.65. The number of benzene rings is 1. The lowest BCUT2D eigenvalue weighted by Gasteiger charge is -2.21. The summed E-state index contributed by atoms with van der Waals surface area (Å²) in [5.74, 6) is 2.49. The molecule has 2 rings (SSSR count). The smallest absolute Gasteiger partial charge is 0.138 e. The molecule has 0 saturated heterocycles. The SMILES string of the molecule is CNc1cc(N(C)c2ccc(C)cc2C)nc(C)n1. The predicted octanol–water partition coefficient (Wildman–Crippen LogP) is 3.21. The van der Waals surface area contributed by atoms with Gasteiger partial charge in [-0.25, -0.2) is 9.97 Å². The van der Waals surface area contributed by atoms with Crippen molar-refractivity contribution in [2.45, 2.75) is 20.8 Å². The molecule has 19 heavy (non-hydrogen) atoms. The number of nitrogens with zero attached hydrogens (tertiary/aromatic N) is 3. The van der Waals surface area contributed by atoms with Crippen LogP contribution in [0.1, 0.15) is 17.0 Å². The van der Waals surface area contributed by atoms with Crippen molar-refractivity contribution in [3.05, 3.63) is 41.2 Å². The van der Waals surface area contributed by atoms with Crippen LogP contribution in [-0.4, -0.2) is 24.1 Å². The molecule has 0 atom stereocenters.